The minimum absolute atomic E-state index is 0.0688. The summed E-state index contributed by atoms with van der Waals surface area (Å²) in [5, 5.41) is 0.962. The number of amides is 1. The van der Waals surface area contributed by atoms with Crippen molar-refractivity contribution >= 4 is 16.8 Å². The van der Waals surface area contributed by atoms with Crippen LogP contribution in [-0.2, 0) is 16.0 Å². The molecule has 0 saturated carbocycles. The quantitative estimate of drug-likeness (QED) is 0.872. The van der Waals surface area contributed by atoms with Crippen LogP contribution in [0.3, 0.4) is 0 Å². The maximum atomic E-state index is 12.9. The number of methoxy groups -OCH3 is 1. The second kappa shape index (κ2) is 8.23. The van der Waals surface area contributed by atoms with Crippen molar-refractivity contribution < 1.29 is 9.53 Å². The van der Waals surface area contributed by atoms with Crippen LogP contribution in [0.25, 0.3) is 10.9 Å². The van der Waals surface area contributed by atoms with Crippen LogP contribution in [0.4, 0.5) is 0 Å². The van der Waals surface area contributed by atoms with E-state index in [0.717, 1.165) is 36.1 Å². The molecule has 0 aliphatic carbocycles. The highest BCUT2D eigenvalue weighted by molar-refractivity contribution is 5.83. The topological polar surface area (TPSA) is 65.6 Å². The minimum atomic E-state index is -0.0688. The number of aromatic nitrogens is 1. The molecule has 0 radical (unpaired) electrons. The molecular formula is C21H29N3O3. The van der Waals surface area contributed by atoms with Crippen LogP contribution in [-0.4, -0.2) is 66.1 Å². The van der Waals surface area contributed by atoms with Crippen molar-refractivity contribution in [3.05, 3.63) is 45.7 Å². The van der Waals surface area contributed by atoms with Crippen molar-refractivity contribution in [3.8, 4) is 0 Å². The number of pyridine rings is 1. The van der Waals surface area contributed by atoms with Crippen molar-refractivity contribution in [3.63, 3.8) is 0 Å². The molecule has 3 rings (SSSR count). The van der Waals surface area contributed by atoms with E-state index in [1.807, 2.05) is 29.2 Å². The molecule has 6 nitrogen and oxygen atoms in total. The van der Waals surface area contributed by atoms with E-state index in [9.17, 15) is 9.59 Å². The normalized spacial score (nSPS) is 21.0. The lowest BCUT2D eigenvalue weighted by atomic mass is 10.0. The highest BCUT2D eigenvalue weighted by Crippen LogP contribution is 2.18. The van der Waals surface area contributed by atoms with Crippen LogP contribution in [0, 0.1) is 6.92 Å². The zero-order valence-corrected chi connectivity index (χ0v) is 16.6. The molecule has 2 heterocycles. The van der Waals surface area contributed by atoms with Crippen LogP contribution in [0.5, 0.6) is 0 Å². The lowest BCUT2D eigenvalue weighted by molar-refractivity contribution is -0.135. The molecule has 1 N–H and O–H groups in total. The predicted molar refractivity (Wildman–Crippen MR) is 107 cm³/mol. The van der Waals surface area contributed by atoms with Crippen molar-refractivity contribution in [2.24, 2.45) is 0 Å². The first-order valence-electron chi connectivity index (χ1n) is 9.54. The number of carbonyl (C=O) groups is 1. The van der Waals surface area contributed by atoms with Crippen LogP contribution in [0.2, 0.25) is 0 Å². The van der Waals surface area contributed by atoms with E-state index in [2.05, 4.69) is 23.7 Å². The summed E-state index contributed by atoms with van der Waals surface area (Å²) in [7, 11) is 1.72. The van der Waals surface area contributed by atoms with Gasteiger partial charge in [0.15, 0.2) is 0 Å². The van der Waals surface area contributed by atoms with Gasteiger partial charge in [0.1, 0.15) is 0 Å². The molecule has 2 unspecified atom stereocenters. The number of nitrogens with zero attached hydrogens (tertiary/aromatic N) is 2. The second-order valence-electron chi connectivity index (χ2n) is 7.61. The summed E-state index contributed by atoms with van der Waals surface area (Å²) >= 11 is 0. The molecule has 1 aromatic carbocycles. The maximum Gasteiger partial charge on any atom is 0.251 e. The third kappa shape index (κ3) is 4.39. The fourth-order valence-corrected chi connectivity index (χ4v) is 3.96. The molecule has 27 heavy (non-hydrogen) atoms. The fraction of sp³-hybridized carbons (Fsp3) is 0.524. The first-order valence-corrected chi connectivity index (χ1v) is 9.54. The lowest BCUT2D eigenvalue weighted by Gasteiger charge is -2.44. The van der Waals surface area contributed by atoms with Gasteiger partial charge in [0.25, 0.3) is 5.56 Å². The molecule has 1 fully saturated rings. The number of rotatable bonds is 5. The molecule has 2 atom stereocenters. The number of carbonyl (C=O) groups excluding carboxylic acids is 1. The van der Waals surface area contributed by atoms with E-state index in [0.29, 0.717) is 30.7 Å². The van der Waals surface area contributed by atoms with Crippen LogP contribution in [0.15, 0.2) is 29.1 Å². The Hall–Kier alpha value is -2.18. The van der Waals surface area contributed by atoms with Gasteiger partial charge in [0.2, 0.25) is 5.91 Å². The van der Waals surface area contributed by atoms with Gasteiger partial charge in [-0.25, -0.2) is 0 Å². The smallest absolute Gasteiger partial charge is 0.251 e. The molecule has 1 aliphatic rings. The standard InChI is InChI=1S/C21H29N3O3/c1-14-9-18-10-17(5-6-19(18)22-21(14)26)11-20(25)23-12-15(2)24(7-8-27-4)16(3)13-23/h5-6,9-10,15-16H,7-8,11-13H2,1-4H3,(H,22,26). The summed E-state index contributed by atoms with van der Waals surface area (Å²) in [5.41, 5.74) is 2.39. The fourth-order valence-electron chi connectivity index (χ4n) is 3.96. The molecule has 1 saturated heterocycles. The number of benzene rings is 1. The number of hydrogen-bond donors (Lipinski definition) is 1. The largest absolute Gasteiger partial charge is 0.383 e. The number of aromatic amines is 1. The van der Waals surface area contributed by atoms with Gasteiger partial charge in [0, 0.05) is 49.9 Å². The first-order chi connectivity index (χ1) is 12.9. The van der Waals surface area contributed by atoms with Crippen molar-refractivity contribution in [1.29, 1.82) is 0 Å². The summed E-state index contributed by atoms with van der Waals surface area (Å²) in [4.78, 5) is 31.8. The van der Waals surface area contributed by atoms with E-state index >= 15 is 0 Å². The first kappa shape index (κ1) is 19.6. The number of ether oxygens (including phenoxy) is 1. The van der Waals surface area contributed by atoms with E-state index < -0.39 is 0 Å². The Kier molecular flexibility index (Phi) is 5.97. The van der Waals surface area contributed by atoms with Crippen LogP contribution in [0.1, 0.15) is 25.0 Å². The zero-order chi connectivity index (χ0) is 19.6. The molecule has 1 aromatic heterocycles. The van der Waals surface area contributed by atoms with Gasteiger partial charge in [-0.15, -0.1) is 0 Å². The lowest BCUT2D eigenvalue weighted by Crippen LogP contribution is -2.58. The Labute approximate surface area is 160 Å². The highest BCUT2D eigenvalue weighted by atomic mass is 16.5. The molecule has 146 valence electrons. The average Bonchev–Trinajstić information content (AvgIpc) is 2.62. The summed E-state index contributed by atoms with van der Waals surface area (Å²) in [5.74, 6) is 0.153. The third-order valence-corrected chi connectivity index (χ3v) is 5.46. The molecule has 6 heteroatoms. The van der Waals surface area contributed by atoms with Gasteiger partial charge < -0.3 is 14.6 Å². The summed E-state index contributed by atoms with van der Waals surface area (Å²) < 4.78 is 5.20. The number of fused-ring (bicyclic) bond motifs is 1. The molecule has 2 aromatic rings. The van der Waals surface area contributed by atoms with Crippen LogP contribution < -0.4 is 5.56 Å². The Balaban J connectivity index is 1.69. The molecular weight excluding hydrogens is 342 g/mol. The Morgan fingerprint density at radius 2 is 1.93 bits per heavy atom. The van der Waals surface area contributed by atoms with Gasteiger partial charge in [-0.05, 0) is 49.9 Å². The molecule has 0 bridgehead atoms. The summed E-state index contributed by atoms with van der Waals surface area (Å²) in [6.45, 7) is 9.22. The molecule has 1 amide bonds. The van der Waals surface area contributed by atoms with Crippen molar-refractivity contribution in [1.82, 2.24) is 14.8 Å². The number of aryl methyl sites for hydroxylation is 1. The summed E-state index contributed by atoms with van der Waals surface area (Å²) in [6.07, 6.45) is 0.381. The SMILES string of the molecule is COCCN1C(C)CN(C(=O)Cc2ccc3[nH]c(=O)c(C)cc3c2)CC1C. The van der Waals surface area contributed by atoms with Crippen LogP contribution >= 0.6 is 0 Å². The Bertz CT molecular complexity index is 865. The average molecular weight is 371 g/mol. The van der Waals surface area contributed by atoms with Gasteiger partial charge >= 0.3 is 0 Å². The van der Waals surface area contributed by atoms with Gasteiger partial charge in [-0.1, -0.05) is 6.07 Å². The van der Waals surface area contributed by atoms with Gasteiger partial charge in [0.05, 0.1) is 13.0 Å². The van der Waals surface area contributed by atoms with E-state index in [-0.39, 0.29) is 11.5 Å². The Morgan fingerprint density at radius 3 is 2.59 bits per heavy atom. The summed E-state index contributed by atoms with van der Waals surface area (Å²) in [6, 6.07) is 8.31. The Morgan fingerprint density at radius 1 is 1.22 bits per heavy atom. The highest BCUT2D eigenvalue weighted by Gasteiger charge is 2.31. The second-order valence-corrected chi connectivity index (χ2v) is 7.61. The van der Waals surface area contributed by atoms with Gasteiger partial charge in [-0.3, -0.25) is 14.5 Å². The number of piperazine rings is 1. The predicted octanol–water partition coefficient (Wildman–Crippen LogP) is 1.95. The van der Waals surface area contributed by atoms with E-state index in [1.165, 1.54) is 0 Å². The molecule has 1 aliphatic heterocycles. The number of nitrogens with one attached hydrogen (secondary N) is 1. The van der Waals surface area contributed by atoms with E-state index in [4.69, 9.17) is 4.74 Å². The monoisotopic (exact) mass is 371 g/mol. The minimum Gasteiger partial charge on any atom is -0.383 e. The van der Waals surface area contributed by atoms with E-state index in [1.54, 1.807) is 14.0 Å². The third-order valence-electron chi connectivity index (χ3n) is 5.46. The zero-order valence-electron chi connectivity index (χ0n) is 16.6. The molecule has 0 spiro atoms. The number of hydrogen-bond acceptors (Lipinski definition) is 4. The van der Waals surface area contributed by atoms with Gasteiger partial charge in [-0.2, -0.15) is 0 Å². The number of H-pyrrole nitrogens is 1. The van der Waals surface area contributed by atoms with Crippen molar-refractivity contribution in [2.75, 3.05) is 33.4 Å². The maximum absolute atomic E-state index is 12.9. The van der Waals surface area contributed by atoms with Crippen molar-refractivity contribution in [2.45, 2.75) is 39.3 Å².